The quantitative estimate of drug-likeness (QED) is 0.858. The van der Waals surface area contributed by atoms with Crippen molar-refractivity contribution in [2.75, 3.05) is 19.8 Å². The maximum atomic E-state index is 12.0. The number of carbonyl (C=O) groups excluding carboxylic acids is 1. The summed E-state index contributed by atoms with van der Waals surface area (Å²) >= 11 is 0. The fourth-order valence-electron chi connectivity index (χ4n) is 3.36. The number of ether oxygens (including phenoxy) is 3. The minimum Gasteiger partial charge on any atom is -0.462 e. The monoisotopic (exact) mass is 334 g/mol. The summed E-state index contributed by atoms with van der Waals surface area (Å²) in [6.07, 6.45) is 2.85. The Morgan fingerprint density at radius 1 is 1.29 bits per heavy atom. The van der Waals surface area contributed by atoms with Gasteiger partial charge in [0.1, 0.15) is 0 Å². The van der Waals surface area contributed by atoms with E-state index in [0.29, 0.717) is 31.1 Å². The lowest BCUT2D eigenvalue weighted by Gasteiger charge is -2.45. The molecule has 24 heavy (non-hydrogen) atoms. The number of rotatable bonds is 4. The number of hydrogen-bond donors (Lipinski definition) is 1. The number of hydrogen-bond acceptors (Lipinski definition) is 5. The lowest BCUT2D eigenvalue weighted by molar-refractivity contribution is -0.307. The van der Waals surface area contributed by atoms with Gasteiger partial charge in [-0.2, -0.15) is 0 Å². The molecule has 4 atom stereocenters. The molecule has 132 valence electrons. The number of benzene rings is 1. The van der Waals surface area contributed by atoms with Gasteiger partial charge in [0.05, 0.1) is 31.5 Å². The van der Waals surface area contributed by atoms with Crippen LogP contribution in [0, 0.1) is 11.8 Å². The van der Waals surface area contributed by atoms with Crippen molar-refractivity contribution in [2.24, 2.45) is 11.8 Å². The van der Waals surface area contributed by atoms with E-state index in [2.05, 4.69) is 6.92 Å². The van der Waals surface area contributed by atoms with Crippen LogP contribution in [0.25, 0.3) is 0 Å². The fourth-order valence-corrected chi connectivity index (χ4v) is 3.36. The van der Waals surface area contributed by atoms with E-state index in [4.69, 9.17) is 14.2 Å². The van der Waals surface area contributed by atoms with E-state index < -0.39 is 11.9 Å². The van der Waals surface area contributed by atoms with Crippen molar-refractivity contribution < 1.29 is 24.1 Å². The number of aliphatic hydroxyl groups is 1. The Balaban J connectivity index is 1.49. The zero-order valence-corrected chi connectivity index (χ0v) is 14.1. The summed E-state index contributed by atoms with van der Waals surface area (Å²) < 4.78 is 17.2. The number of esters is 1. The molecule has 2 heterocycles. The molecule has 5 nitrogen and oxygen atoms in total. The van der Waals surface area contributed by atoms with Gasteiger partial charge in [0, 0.05) is 18.8 Å². The van der Waals surface area contributed by atoms with Gasteiger partial charge < -0.3 is 19.3 Å². The SMILES string of the molecule is CC[C@@H]1CC[C@@]2(C[C@H](O)[C@H](COC(=O)c3ccccc3)CO2)OC1. The predicted octanol–water partition coefficient (Wildman–Crippen LogP) is 2.77. The molecule has 0 aromatic heterocycles. The summed E-state index contributed by atoms with van der Waals surface area (Å²) in [5, 5.41) is 10.4. The third kappa shape index (κ3) is 3.97. The molecule has 5 heteroatoms. The molecule has 1 aromatic rings. The van der Waals surface area contributed by atoms with E-state index in [1.807, 2.05) is 6.07 Å². The largest absolute Gasteiger partial charge is 0.462 e. The first-order chi connectivity index (χ1) is 11.6. The molecule has 1 spiro atoms. The average molecular weight is 334 g/mol. The molecule has 2 aliphatic rings. The van der Waals surface area contributed by atoms with Crippen LogP contribution in [0.2, 0.25) is 0 Å². The van der Waals surface area contributed by atoms with Gasteiger partial charge in [0.15, 0.2) is 5.79 Å². The zero-order chi connectivity index (χ0) is 17.0. The Kier molecular flexibility index (Phi) is 5.54. The minimum absolute atomic E-state index is 0.155. The standard InChI is InChI=1S/C19H26O5/c1-2-14-8-9-19(23-11-14)10-17(20)16(13-24-19)12-22-18(21)15-6-4-3-5-7-15/h3-7,14,16-17,20H,2,8-13H2,1H3/t14-,16-,17+,19-/m1/s1. The van der Waals surface area contributed by atoms with Gasteiger partial charge in [-0.3, -0.25) is 0 Å². The number of carbonyl (C=O) groups is 1. The molecule has 0 aliphatic carbocycles. The van der Waals surface area contributed by atoms with Crippen molar-refractivity contribution in [1.29, 1.82) is 0 Å². The van der Waals surface area contributed by atoms with Crippen LogP contribution in [0.5, 0.6) is 0 Å². The fraction of sp³-hybridized carbons (Fsp3) is 0.632. The van der Waals surface area contributed by atoms with E-state index in [1.165, 1.54) is 0 Å². The van der Waals surface area contributed by atoms with E-state index in [1.54, 1.807) is 24.3 Å². The molecule has 2 fully saturated rings. The molecule has 1 aromatic carbocycles. The van der Waals surface area contributed by atoms with Crippen LogP contribution >= 0.6 is 0 Å². The Morgan fingerprint density at radius 2 is 2.04 bits per heavy atom. The Labute approximate surface area is 142 Å². The van der Waals surface area contributed by atoms with Crippen molar-refractivity contribution in [3.8, 4) is 0 Å². The predicted molar refractivity (Wildman–Crippen MR) is 88.5 cm³/mol. The van der Waals surface area contributed by atoms with Gasteiger partial charge in [0.25, 0.3) is 0 Å². The van der Waals surface area contributed by atoms with Crippen molar-refractivity contribution in [3.63, 3.8) is 0 Å². The normalized spacial score (nSPS) is 33.3. The summed E-state index contributed by atoms with van der Waals surface area (Å²) in [4.78, 5) is 12.0. The van der Waals surface area contributed by atoms with E-state index >= 15 is 0 Å². The zero-order valence-electron chi connectivity index (χ0n) is 14.1. The second-order valence-corrected chi connectivity index (χ2v) is 6.84. The van der Waals surface area contributed by atoms with E-state index in [9.17, 15) is 9.90 Å². The van der Waals surface area contributed by atoms with Gasteiger partial charge in [0.2, 0.25) is 0 Å². The molecule has 0 unspecified atom stereocenters. The average Bonchev–Trinajstić information content (AvgIpc) is 2.62. The highest BCUT2D eigenvalue weighted by Gasteiger charge is 2.45. The first-order valence-electron chi connectivity index (χ1n) is 8.80. The third-order valence-electron chi connectivity index (χ3n) is 5.16. The highest BCUT2D eigenvalue weighted by Crippen LogP contribution is 2.38. The Morgan fingerprint density at radius 3 is 2.67 bits per heavy atom. The smallest absolute Gasteiger partial charge is 0.338 e. The van der Waals surface area contributed by atoms with Crippen molar-refractivity contribution in [1.82, 2.24) is 0 Å². The molecule has 0 bridgehead atoms. The highest BCUT2D eigenvalue weighted by molar-refractivity contribution is 5.89. The van der Waals surface area contributed by atoms with Gasteiger partial charge in [-0.05, 0) is 24.5 Å². The Hall–Kier alpha value is -1.43. The van der Waals surface area contributed by atoms with Gasteiger partial charge in [-0.15, -0.1) is 0 Å². The lowest BCUT2D eigenvalue weighted by Crippen LogP contribution is -2.52. The Bertz CT molecular complexity index is 536. The first kappa shape index (κ1) is 17.4. The van der Waals surface area contributed by atoms with Crippen LogP contribution in [0.1, 0.15) is 43.0 Å². The molecule has 0 saturated carbocycles. The maximum absolute atomic E-state index is 12.0. The second kappa shape index (κ2) is 7.64. The lowest BCUT2D eigenvalue weighted by atomic mass is 9.86. The van der Waals surface area contributed by atoms with Crippen LogP contribution in [0.15, 0.2) is 30.3 Å². The molecule has 2 saturated heterocycles. The highest BCUT2D eigenvalue weighted by atomic mass is 16.7. The van der Waals surface area contributed by atoms with Crippen LogP contribution in [0.3, 0.4) is 0 Å². The van der Waals surface area contributed by atoms with E-state index in [0.717, 1.165) is 19.3 Å². The molecule has 0 amide bonds. The maximum Gasteiger partial charge on any atom is 0.338 e. The molecular weight excluding hydrogens is 308 g/mol. The van der Waals surface area contributed by atoms with Crippen molar-refractivity contribution in [2.45, 2.75) is 44.5 Å². The summed E-state index contributed by atoms with van der Waals surface area (Å²) in [6.45, 7) is 3.36. The summed E-state index contributed by atoms with van der Waals surface area (Å²) in [6, 6.07) is 8.87. The molecule has 3 rings (SSSR count). The van der Waals surface area contributed by atoms with E-state index in [-0.39, 0.29) is 18.5 Å². The topological polar surface area (TPSA) is 65.0 Å². The van der Waals surface area contributed by atoms with Crippen LogP contribution in [-0.2, 0) is 14.2 Å². The van der Waals surface area contributed by atoms with Gasteiger partial charge in [-0.25, -0.2) is 4.79 Å². The van der Waals surface area contributed by atoms with Gasteiger partial charge >= 0.3 is 5.97 Å². The third-order valence-corrected chi connectivity index (χ3v) is 5.16. The molecule has 1 N–H and O–H groups in total. The molecule has 0 radical (unpaired) electrons. The summed E-state index contributed by atoms with van der Waals surface area (Å²) in [7, 11) is 0. The minimum atomic E-state index is -0.648. The van der Waals surface area contributed by atoms with Crippen molar-refractivity contribution >= 4 is 5.97 Å². The van der Waals surface area contributed by atoms with Crippen molar-refractivity contribution in [3.05, 3.63) is 35.9 Å². The first-order valence-corrected chi connectivity index (χ1v) is 8.80. The van der Waals surface area contributed by atoms with Crippen LogP contribution < -0.4 is 0 Å². The summed E-state index contributed by atoms with van der Waals surface area (Å²) in [5.41, 5.74) is 0.515. The van der Waals surface area contributed by atoms with Crippen LogP contribution in [0.4, 0.5) is 0 Å². The number of aliphatic hydroxyl groups excluding tert-OH is 1. The van der Waals surface area contributed by atoms with Gasteiger partial charge in [-0.1, -0.05) is 31.5 Å². The van der Waals surface area contributed by atoms with Crippen LogP contribution in [-0.4, -0.2) is 42.8 Å². The summed E-state index contributed by atoms with van der Waals surface area (Å²) in [5.74, 6) is -0.648. The molecule has 2 aliphatic heterocycles. The molecular formula is C19H26O5. The second-order valence-electron chi connectivity index (χ2n) is 6.84.